The maximum Gasteiger partial charge on any atom is 0.286 e. The molecule has 1 N–H and O–H groups in total. The Morgan fingerprint density at radius 3 is 2.84 bits per heavy atom. The summed E-state index contributed by atoms with van der Waals surface area (Å²) < 4.78 is 35.3. The maximum atomic E-state index is 14.2. The normalized spacial score (nSPS) is 29.0. The van der Waals surface area contributed by atoms with Gasteiger partial charge in [0.15, 0.2) is 0 Å². The van der Waals surface area contributed by atoms with E-state index in [0.29, 0.717) is 48.3 Å². The molecule has 2 aliphatic carbocycles. The van der Waals surface area contributed by atoms with E-state index in [2.05, 4.69) is 43.4 Å². The maximum absolute atomic E-state index is 14.2. The molecule has 4 aliphatic rings. The Balaban J connectivity index is 1.27. The van der Waals surface area contributed by atoms with Gasteiger partial charge in [-0.15, -0.1) is 4.36 Å². The number of ether oxygens (including phenoxy) is 2. The molecule has 1 aromatic heterocycles. The summed E-state index contributed by atoms with van der Waals surface area (Å²) in [5.41, 5.74) is 4.09. The summed E-state index contributed by atoms with van der Waals surface area (Å²) in [5, 5.41) is 4.85. The van der Waals surface area contributed by atoms with Crippen LogP contribution < -0.4 is 14.4 Å². The fourth-order valence-electron chi connectivity index (χ4n) is 8.07. The summed E-state index contributed by atoms with van der Waals surface area (Å²) in [5.74, 6) is 0.387. The van der Waals surface area contributed by atoms with Crippen molar-refractivity contribution in [1.82, 2.24) is 14.5 Å². The molecule has 2 aliphatic heterocycles. The van der Waals surface area contributed by atoms with E-state index in [0.717, 1.165) is 55.9 Å². The van der Waals surface area contributed by atoms with E-state index in [1.807, 2.05) is 18.2 Å². The third-order valence-electron chi connectivity index (χ3n) is 10.8. The van der Waals surface area contributed by atoms with E-state index in [9.17, 15) is 13.8 Å². The van der Waals surface area contributed by atoms with Crippen LogP contribution in [0, 0.1) is 11.8 Å². The van der Waals surface area contributed by atoms with Gasteiger partial charge in [-0.3, -0.25) is 19.0 Å². The van der Waals surface area contributed by atoms with Crippen LogP contribution in [0.5, 0.6) is 5.75 Å². The van der Waals surface area contributed by atoms with Crippen LogP contribution in [0.1, 0.15) is 65.7 Å². The van der Waals surface area contributed by atoms with E-state index < -0.39 is 21.7 Å². The van der Waals surface area contributed by atoms with Crippen LogP contribution in [0.2, 0.25) is 5.02 Å². The predicted molar refractivity (Wildman–Crippen MR) is 190 cm³/mol. The quantitative estimate of drug-likeness (QED) is 0.340. The van der Waals surface area contributed by atoms with Gasteiger partial charge in [0, 0.05) is 55.1 Å². The average molecular weight is 706 g/mol. The van der Waals surface area contributed by atoms with Crippen LogP contribution in [0.15, 0.2) is 65.2 Å². The molecular formula is C37H44ClN5O5S. The first kappa shape index (κ1) is 33.8. The van der Waals surface area contributed by atoms with E-state index in [1.165, 1.54) is 11.1 Å². The second-order valence-corrected chi connectivity index (χ2v) is 16.5. The first-order chi connectivity index (χ1) is 23.6. The zero-order chi connectivity index (χ0) is 34.2. The Hall–Kier alpha value is -3.67. The fourth-order valence-corrected chi connectivity index (χ4v) is 9.86. The Labute approximate surface area is 293 Å². The molecule has 0 radical (unpaired) electrons. The number of benzene rings is 2. The lowest BCUT2D eigenvalue weighted by Gasteiger charge is -2.46. The highest BCUT2D eigenvalue weighted by Crippen LogP contribution is 2.47. The summed E-state index contributed by atoms with van der Waals surface area (Å²) in [6, 6.07) is 13.3. The Bertz CT molecular complexity index is 1900. The smallest absolute Gasteiger partial charge is 0.286 e. The molecule has 2 aromatic carbocycles. The first-order valence-corrected chi connectivity index (χ1v) is 19.3. The molecule has 2 amide bonds. The summed E-state index contributed by atoms with van der Waals surface area (Å²) in [7, 11) is 0.0684. The zero-order valence-corrected chi connectivity index (χ0v) is 29.7. The SMILES string of the molecule is CO[C@H]1/C=C/CCC[S@@](=O)(NC(=O)Cc2ccnn2C)=NC(=O)c2ccc3c(c2)N(C[C@@H]2CC[C@H]21)C[C@@]1(CCCc2cc(Cl)ccc21)CO3. The van der Waals surface area contributed by atoms with Crippen molar-refractivity contribution in [2.45, 2.75) is 62.9 Å². The lowest BCUT2D eigenvalue weighted by atomic mass is 9.68. The third kappa shape index (κ3) is 7.03. The van der Waals surface area contributed by atoms with Crippen LogP contribution >= 0.6 is 11.6 Å². The Morgan fingerprint density at radius 1 is 1.18 bits per heavy atom. The van der Waals surface area contributed by atoms with Gasteiger partial charge >= 0.3 is 0 Å². The molecule has 3 heterocycles. The highest BCUT2D eigenvalue weighted by molar-refractivity contribution is 7.92. The standard InChI is InChI=1S/C37H44ClN5O5S/c1-42-29(15-17-39-42)21-35(44)40-49(46)18-5-3-4-8-33(47-2)30-12-9-27(30)22-43-23-37(16-6-7-25-19-28(38)11-13-31(25)37)24-48-34-14-10-26(20-32(34)43)36(45)41-49/h4,8,10-11,13-15,17,19-20,27,30,33H,3,5-7,9,12,16,18,21-24H2,1-2H3,(H,40,41,44,45,46)/b8-4+/t27-,30+,33-,37-,49+/m0/s1. The summed E-state index contributed by atoms with van der Waals surface area (Å²) in [4.78, 5) is 29.3. The van der Waals surface area contributed by atoms with Gasteiger partial charge in [-0.05, 0) is 104 Å². The molecular weight excluding hydrogens is 662 g/mol. The number of carbonyl (C=O) groups excluding carboxylic acids is 2. The molecule has 10 nitrogen and oxygen atoms in total. The number of amides is 2. The number of hydrogen-bond donors (Lipinski definition) is 1. The van der Waals surface area contributed by atoms with Crippen LogP contribution in [0.25, 0.3) is 0 Å². The van der Waals surface area contributed by atoms with Crippen LogP contribution in [0.3, 0.4) is 0 Å². The molecule has 5 atom stereocenters. The van der Waals surface area contributed by atoms with Crippen molar-refractivity contribution < 1.29 is 23.3 Å². The zero-order valence-electron chi connectivity index (χ0n) is 28.1. The van der Waals surface area contributed by atoms with E-state index in [-0.39, 0.29) is 23.7 Å². The second kappa shape index (κ2) is 13.9. The number of aromatic nitrogens is 2. The number of anilines is 1. The first-order valence-electron chi connectivity index (χ1n) is 17.2. The summed E-state index contributed by atoms with van der Waals surface area (Å²) in [6.07, 6.45) is 12.0. The van der Waals surface area contributed by atoms with Crippen molar-refractivity contribution in [2.24, 2.45) is 23.2 Å². The number of hydrogen-bond acceptors (Lipinski definition) is 7. The van der Waals surface area contributed by atoms with Gasteiger partial charge in [0.05, 0.1) is 30.6 Å². The monoisotopic (exact) mass is 705 g/mol. The number of carbonyl (C=O) groups is 2. The van der Waals surface area contributed by atoms with Crippen molar-refractivity contribution in [3.8, 4) is 5.75 Å². The van der Waals surface area contributed by atoms with Crippen LogP contribution in [-0.2, 0) is 44.8 Å². The number of allylic oxidation sites excluding steroid dienone is 1. The molecule has 7 rings (SSSR count). The molecule has 0 saturated heterocycles. The minimum Gasteiger partial charge on any atom is -0.490 e. The summed E-state index contributed by atoms with van der Waals surface area (Å²) in [6.45, 7) is 2.02. The number of fused-ring (bicyclic) bond motifs is 4. The Kier molecular flexibility index (Phi) is 9.60. The third-order valence-corrected chi connectivity index (χ3v) is 12.9. The van der Waals surface area contributed by atoms with E-state index >= 15 is 0 Å². The lowest BCUT2D eigenvalue weighted by molar-refractivity contribution is -0.118. The topological polar surface area (TPSA) is 115 Å². The lowest BCUT2D eigenvalue weighted by Crippen LogP contribution is -2.49. The average Bonchev–Trinajstić information content (AvgIpc) is 3.39. The van der Waals surface area contributed by atoms with E-state index in [1.54, 1.807) is 37.2 Å². The largest absolute Gasteiger partial charge is 0.490 e. The number of methoxy groups -OCH3 is 1. The van der Waals surface area contributed by atoms with E-state index in [4.69, 9.17) is 21.1 Å². The van der Waals surface area contributed by atoms with Crippen LogP contribution in [-0.4, -0.2) is 64.5 Å². The second-order valence-electron chi connectivity index (χ2n) is 13.9. The van der Waals surface area contributed by atoms with Gasteiger partial charge in [0.25, 0.3) is 5.91 Å². The van der Waals surface area contributed by atoms with Gasteiger partial charge in [0.2, 0.25) is 5.91 Å². The fraction of sp³-hybridized carbons (Fsp3) is 0.486. The number of nitrogens with zero attached hydrogens (tertiary/aromatic N) is 4. The number of nitrogens with one attached hydrogen (secondary N) is 1. The molecule has 49 heavy (non-hydrogen) atoms. The van der Waals surface area contributed by atoms with Crippen molar-refractivity contribution in [3.05, 3.63) is 88.2 Å². The van der Waals surface area contributed by atoms with Crippen molar-refractivity contribution >= 4 is 39.0 Å². The van der Waals surface area contributed by atoms with Crippen molar-refractivity contribution in [2.75, 3.05) is 37.5 Å². The molecule has 1 fully saturated rings. The minimum absolute atomic E-state index is 0.0304. The van der Waals surface area contributed by atoms with Gasteiger partial charge in [0.1, 0.15) is 15.7 Å². The molecule has 0 unspecified atom stereocenters. The molecule has 12 heteroatoms. The van der Waals surface area contributed by atoms with Crippen molar-refractivity contribution in [1.29, 1.82) is 0 Å². The highest BCUT2D eigenvalue weighted by Gasteiger charge is 2.44. The van der Waals surface area contributed by atoms with Crippen molar-refractivity contribution in [3.63, 3.8) is 0 Å². The minimum atomic E-state index is -3.43. The molecule has 1 spiro atoms. The van der Waals surface area contributed by atoms with Crippen LogP contribution in [0.4, 0.5) is 5.69 Å². The molecule has 2 bridgehead atoms. The Morgan fingerprint density at radius 2 is 2.06 bits per heavy atom. The number of aryl methyl sites for hydroxylation is 2. The van der Waals surface area contributed by atoms with Gasteiger partial charge < -0.3 is 14.4 Å². The number of halogens is 1. The van der Waals surface area contributed by atoms with Gasteiger partial charge in [-0.1, -0.05) is 29.8 Å². The predicted octanol–water partition coefficient (Wildman–Crippen LogP) is 5.82. The number of rotatable bonds is 4. The van der Waals surface area contributed by atoms with Gasteiger partial charge in [-0.25, -0.2) is 4.21 Å². The molecule has 1 saturated carbocycles. The highest BCUT2D eigenvalue weighted by atomic mass is 35.5. The summed E-state index contributed by atoms with van der Waals surface area (Å²) >= 11 is 6.44. The van der Waals surface area contributed by atoms with Gasteiger partial charge in [-0.2, -0.15) is 5.10 Å². The molecule has 260 valence electrons. The molecule has 3 aromatic rings.